The van der Waals surface area contributed by atoms with E-state index >= 15 is 0 Å². The Balaban J connectivity index is 1.82. The Labute approximate surface area is 225 Å². The number of nitrogens with one attached hydrogen (secondary N) is 1. The Morgan fingerprint density at radius 1 is 1.26 bits per heavy atom. The Kier molecular flexibility index (Phi) is 10.1. The molecule has 0 radical (unpaired) electrons. The second-order valence-electron chi connectivity index (χ2n) is 10.8. The average molecular weight is 534 g/mol. The monoisotopic (exact) mass is 533 g/mol. The highest BCUT2D eigenvalue weighted by Gasteiger charge is 2.75. The molecule has 6 atom stereocenters. The van der Waals surface area contributed by atoms with E-state index in [-0.39, 0.29) is 43.5 Å². The van der Waals surface area contributed by atoms with Gasteiger partial charge in [-0.05, 0) is 52.9 Å². The van der Waals surface area contributed by atoms with Crippen molar-refractivity contribution >= 4 is 23.7 Å². The van der Waals surface area contributed by atoms with Crippen LogP contribution in [0.1, 0.15) is 59.3 Å². The molecule has 3 aliphatic heterocycles. The molecule has 212 valence electrons. The van der Waals surface area contributed by atoms with Crippen molar-refractivity contribution in [3.05, 3.63) is 25.3 Å². The van der Waals surface area contributed by atoms with Gasteiger partial charge in [0.1, 0.15) is 17.7 Å². The van der Waals surface area contributed by atoms with Gasteiger partial charge in [0.15, 0.2) is 0 Å². The summed E-state index contributed by atoms with van der Waals surface area (Å²) in [4.78, 5) is 56.4. The largest absolute Gasteiger partial charge is 0.460 e. The second-order valence-corrected chi connectivity index (χ2v) is 10.8. The number of hydrogen-bond acceptors (Lipinski definition) is 7. The number of unbranched alkanes of at least 4 members (excludes halogenated alkanes) is 1. The van der Waals surface area contributed by atoms with Crippen molar-refractivity contribution in [2.75, 3.05) is 26.2 Å². The maximum Gasteiger partial charge on any atom is 0.312 e. The molecular weight excluding hydrogens is 490 g/mol. The predicted octanol–water partition coefficient (Wildman–Crippen LogP) is 1.57. The van der Waals surface area contributed by atoms with Crippen LogP contribution in [0.2, 0.25) is 0 Å². The first kappa shape index (κ1) is 29.8. The first-order valence-corrected chi connectivity index (χ1v) is 13.7. The van der Waals surface area contributed by atoms with Crippen LogP contribution in [-0.2, 0) is 28.7 Å². The minimum Gasteiger partial charge on any atom is -0.460 e. The van der Waals surface area contributed by atoms with Crippen LogP contribution >= 0.6 is 0 Å². The normalized spacial score (nSPS) is 28.2. The summed E-state index contributed by atoms with van der Waals surface area (Å²) >= 11 is 0. The van der Waals surface area contributed by atoms with Crippen LogP contribution in [0.4, 0.5) is 0 Å². The highest BCUT2D eigenvalue weighted by atomic mass is 16.6. The third kappa shape index (κ3) is 5.81. The Hall–Kier alpha value is -2.72. The number of ether oxygens (including phenoxy) is 2. The van der Waals surface area contributed by atoms with Crippen molar-refractivity contribution in [1.29, 1.82) is 0 Å². The topological polar surface area (TPSA) is 125 Å². The zero-order valence-electron chi connectivity index (χ0n) is 22.9. The number of fused-ring (bicyclic) bond motifs is 1. The number of esters is 1. The van der Waals surface area contributed by atoms with Gasteiger partial charge in [0.25, 0.3) is 0 Å². The molecule has 2 N–H and O–H groups in total. The number of nitrogens with zero attached hydrogens (tertiary/aromatic N) is 2. The Bertz CT molecular complexity index is 922. The summed E-state index contributed by atoms with van der Waals surface area (Å²) in [6.45, 7) is 13.6. The number of aliphatic hydroxyl groups excluding tert-OH is 1. The lowest BCUT2D eigenvalue weighted by molar-refractivity contribution is -0.159. The van der Waals surface area contributed by atoms with Crippen molar-refractivity contribution < 1.29 is 33.8 Å². The predicted molar refractivity (Wildman–Crippen MR) is 141 cm³/mol. The van der Waals surface area contributed by atoms with Gasteiger partial charge in [0.05, 0.1) is 24.5 Å². The zero-order chi connectivity index (χ0) is 28.0. The van der Waals surface area contributed by atoms with E-state index in [1.54, 1.807) is 28.9 Å². The summed E-state index contributed by atoms with van der Waals surface area (Å²) < 4.78 is 12.1. The first-order valence-electron chi connectivity index (χ1n) is 13.7. The molecule has 0 saturated carbocycles. The fraction of sp³-hybridized carbons (Fsp3) is 0.714. The molecule has 3 saturated heterocycles. The molecule has 3 fully saturated rings. The molecule has 0 aromatic heterocycles. The fourth-order valence-electron chi connectivity index (χ4n) is 6.08. The first-order chi connectivity index (χ1) is 18.1. The lowest BCUT2D eigenvalue weighted by atomic mass is 9.70. The molecule has 0 aromatic rings. The molecule has 3 rings (SSSR count). The van der Waals surface area contributed by atoms with Crippen LogP contribution in [0.25, 0.3) is 0 Å². The van der Waals surface area contributed by atoms with Crippen molar-refractivity contribution in [1.82, 2.24) is 15.1 Å². The quantitative estimate of drug-likeness (QED) is 0.186. The molecule has 2 bridgehead atoms. The van der Waals surface area contributed by atoms with E-state index in [2.05, 4.69) is 18.5 Å². The summed E-state index contributed by atoms with van der Waals surface area (Å²) in [5.41, 5.74) is -1.10. The van der Waals surface area contributed by atoms with Gasteiger partial charge in [-0.3, -0.25) is 19.2 Å². The van der Waals surface area contributed by atoms with E-state index in [1.807, 2.05) is 13.8 Å². The molecule has 0 aromatic carbocycles. The van der Waals surface area contributed by atoms with E-state index in [4.69, 9.17) is 9.47 Å². The van der Waals surface area contributed by atoms with Gasteiger partial charge < -0.3 is 29.7 Å². The lowest BCUT2D eigenvalue weighted by Crippen LogP contribution is -2.57. The SMILES string of the molecule is C=CCCC(=O)NC[C@H](C)OC(=O)[C@@H]1[C@@H]2CC[C@]3(O2)[C@H](C(=O)N(CC=C)C(C)C)N(CCCCO)C(=O)[C@@H]13. The highest BCUT2D eigenvalue weighted by molar-refractivity contribution is 5.98. The van der Waals surface area contributed by atoms with E-state index in [1.165, 1.54) is 0 Å². The van der Waals surface area contributed by atoms with E-state index in [0.29, 0.717) is 45.1 Å². The Morgan fingerprint density at radius 3 is 2.63 bits per heavy atom. The molecule has 3 amide bonds. The van der Waals surface area contributed by atoms with Crippen LogP contribution < -0.4 is 5.32 Å². The van der Waals surface area contributed by atoms with Crippen molar-refractivity contribution in [3.8, 4) is 0 Å². The third-order valence-electron chi connectivity index (χ3n) is 7.83. The second kappa shape index (κ2) is 12.9. The number of allylic oxidation sites excluding steroid dienone is 1. The third-order valence-corrected chi connectivity index (χ3v) is 7.83. The molecule has 1 spiro atoms. The Morgan fingerprint density at radius 2 is 2.00 bits per heavy atom. The molecule has 0 aliphatic carbocycles. The maximum atomic E-state index is 14.0. The molecular formula is C28H43N3O7. The van der Waals surface area contributed by atoms with Crippen LogP contribution in [0.5, 0.6) is 0 Å². The molecule has 10 nitrogen and oxygen atoms in total. The van der Waals surface area contributed by atoms with Gasteiger partial charge in [0.2, 0.25) is 17.7 Å². The smallest absolute Gasteiger partial charge is 0.312 e. The van der Waals surface area contributed by atoms with E-state index in [9.17, 15) is 24.3 Å². The number of likely N-dealkylation sites (tertiary alicyclic amines) is 1. The summed E-state index contributed by atoms with van der Waals surface area (Å²) in [7, 11) is 0. The number of rotatable bonds is 15. The lowest BCUT2D eigenvalue weighted by Gasteiger charge is -2.38. The molecule has 38 heavy (non-hydrogen) atoms. The van der Waals surface area contributed by atoms with Gasteiger partial charge in [0, 0.05) is 32.2 Å². The number of carbonyl (C=O) groups excluding carboxylic acids is 4. The number of aliphatic hydroxyl groups is 1. The summed E-state index contributed by atoms with van der Waals surface area (Å²) in [5.74, 6) is -2.83. The highest BCUT2D eigenvalue weighted by Crippen LogP contribution is 2.58. The van der Waals surface area contributed by atoms with Gasteiger partial charge in [-0.25, -0.2) is 0 Å². The fourth-order valence-corrected chi connectivity index (χ4v) is 6.08. The average Bonchev–Trinajstić information content (AvgIpc) is 3.52. The standard InChI is InChI=1S/C28H43N3O7/c1-6-8-11-21(33)29-17-19(5)37-27(36)22-20-12-13-28(38-20)23(22)25(34)31(15-9-10-16-32)24(28)26(35)30(14-7-2)18(3)4/h6-7,18-20,22-24,32H,1-2,8-17H2,3-5H3,(H,29,33)/t19-,20-,22+,23+,24-,28+/m0/s1. The van der Waals surface area contributed by atoms with Gasteiger partial charge >= 0.3 is 5.97 Å². The van der Waals surface area contributed by atoms with Crippen molar-refractivity contribution in [2.24, 2.45) is 11.8 Å². The van der Waals surface area contributed by atoms with Crippen molar-refractivity contribution in [2.45, 2.75) is 89.2 Å². The van der Waals surface area contributed by atoms with Crippen molar-refractivity contribution in [3.63, 3.8) is 0 Å². The molecule has 3 heterocycles. The molecule has 10 heteroatoms. The van der Waals surface area contributed by atoms with Gasteiger partial charge in [-0.15, -0.1) is 13.2 Å². The van der Waals surface area contributed by atoms with Crippen LogP contribution in [0.3, 0.4) is 0 Å². The number of hydrogen-bond donors (Lipinski definition) is 2. The zero-order valence-corrected chi connectivity index (χ0v) is 22.9. The van der Waals surface area contributed by atoms with Crippen LogP contribution in [-0.4, -0.2) is 94.7 Å². The minimum absolute atomic E-state index is 0.0145. The van der Waals surface area contributed by atoms with Gasteiger partial charge in [-0.2, -0.15) is 0 Å². The number of amides is 3. The summed E-state index contributed by atoms with van der Waals surface area (Å²) in [6.07, 6.45) is 5.16. The number of carbonyl (C=O) groups is 4. The van der Waals surface area contributed by atoms with Crippen LogP contribution in [0.15, 0.2) is 25.3 Å². The summed E-state index contributed by atoms with van der Waals surface area (Å²) in [6, 6.07) is -0.974. The van der Waals surface area contributed by atoms with E-state index < -0.39 is 41.7 Å². The molecule has 3 aliphatic rings. The minimum atomic E-state index is -1.10. The maximum absolute atomic E-state index is 14.0. The molecule has 0 unspecified atom stereocenters. The van der Waals surface area contributed by atoms with Gasteiger partial charge in [-0.1, -0.05) is 12.2 Å². The van der Waals surface area contributed by atoms with E-state index in [0.717, 1.165) is 0 Å². The summed E-state index contributed by atoms with van der Waals surface area (Å²) in [5, 5.41) is 12.0. The van der Waals surface area contributed by atoms with Crippen LogP contribution in [0, 0.1) is 11.8 Å².